The van der Waals surface area contributed by atoms with Gasteiger partial charge in [-0.05, 0) is 56.7 Å². The van der Waals surface area contributed by atoms with E-state index in [1.807, 2.05) is 20.8 Å². The standard InChI is InChI=1S/C18H30N2O4S2/c1-17(2,3)16-14(25(21,22)19-13-9-7-10-13)11-8-12-15(16)26(23,24)20-18(4,5)6/h8,11-13,19-20H,7,9-10H2,1-6H3. The number of rotatable bonds is 5. The van der Waals surface area contributed by atoms with Gasteiger partial charge in [0.25, 0.3) is 0 Å². The van der Waals surface area contributed by atoms with Gasteiger partial charge in [0.2, 0.25) is 20.0 Å². The first-order chi connectivity index (χ1) is 11.6. The van der Waals surface area contributed by atoms with E-state index in [0.29, 0.717) is 5.56 Å². The Labute approximate surface area is 157 Å². The van der Waals surface area contributed by atoms with Crippen LogP contribution in [0.2, 0.25) is 0 Å². The lowest BCUT2D eigenvalue weighted by Gasteiger charge is -2.30. The first kappa shape index (κ1) is 21.3. The highest BCUT2D eigenvalue weighted by Crippen LogP contribution is 2.35. The molecule has 6 nitrogen and oxygen atoms in total. The zero-order valence-corrected chi connectivity index (χ0v) is 18.0. The van der Waals surface area contributed by atoms with Crippen LogP contribution in [-0.2, 0) is 25.5 Å². The highest BCUT2D eigenvalue weighted by molar-refractivity contribution is 7.90. The maximum atomic E-state index is 13.0. The minimum atomic E-state index is -3.88. The topological polar surface area (TPSA) is 92.3 Å². The van der Waals surface area contributed by atoms with E-state index in [1.54, 1.807) is 20.8 Å². The van der Waals surface area contributed by atoms with Crippen LogP contribution < -0.4 is 9.44 Å². The fourth-order valence-corrected chi connectivity index (χ4v) is 6.63. The molecule has 0 atom stereocenters. The zero-order chi connectivity index (χ0) is 20.0. The fraction of sp³-hybridized carbons (Fsp3) is 0.667. The zero-order valence-electron chi connectivity index (χ0n) is 16.4. The van der Waals surface area contributed by atoms with E-state index in [4.69, 9.17) is 0 Å². The molecule has 2 N–H and O–H groups in total. The van der Waals surface area contributed by atoms with Crippen molar-refractivity contribution in [3.63, 3.8) is 0 Å². The van der Waals surface area contributed by atoms with Crippen LogP contribution in [0.25, 0.3) is 0 Å². The minimum Gasteiger partial charge on any atom is -0.208 e. The van der Waals surface area contributed by atoms with Crippen molar-refractivity contribution in [3.8, 4) is 0 Å². The van der Waals surface area contributed by atoms with Gasteiger partial charge in [0.15, 0.2) is 0 Å². The molecule has 1 aliphatic rings. The lowest BCUT2D eigenvalue weighted by atomic mass is 9.87. The molecule has 0 heterocycles. The lowest BCUT2D eigenvalue weighted by Crippen LogP contribution is -2.42. The second-order valence-electron chi connectivity index (χ2n) is 8.98. The molecule has 0 radical (unpaired) electrons. The van der Waals surface area contributed by atoms with Crippen LogP contribution >= 0.6 is 0 Å². The van der Waals surface area contributed by atoms with Crippen LogP contribution in [0.5, 0.6) is 0 Å². The van der Waals surface area contributed by atoms with Crippen molar-refractivity contribution in [2.24, 2.45) is 0 Å². The highest BCUT2D eigenvalue weighted by atomic mass is 32.2. The van der Waals surface area contributed by atoms with E-state index < -0.39 is 31.0 Å². The predicted molar refractivity (Wildman–Crippen MR) is 103 cm³/mol. The Morgan fingerprint density at radius 3 is 1.77 bits per heavy atom. The Balaban J connectivity index is 2.65. The number of hydrogen-bond donors (Lipinski definition) is 2. The van der Waals surface area contributed by atoms with Crippen molar-refractivity contribution in [3.05, 3.63) is 23.8 Å². The van der Waals surface area contributed by atoms with Gasteiger partial charge in [-0.3, -0.25) is 0 Å². The van der Waals surface area contributed by atoms with Crippen molar-refractivity contribution in [2.75, 3.05) is 0 Å². The first-order valence-electron chi connectivity index (χ1n) is 8.83. The molecule has 0 amide bonds. The van der Waals surface area contributed by atoms with E-state index in [9.17, 15) is 16.8 Å². The molecule has 26 heavy (non-hydrogen) atoms. The van der Waals surface area contributed by atoms with E-state index in [1.165, 1.54) is 18.2 Å². The summed E-state index contributed by atoms with van der Waals surface area (Å²) in [6.07, 6.45) is 2.63. The van der Waals surface area contributed by atoms with Crippen molar-refractivity contribution in [2.45, 2.75) is 87.6 Å². The minimum absolute atomic E-state index is 0.0106. The van der Waals surface area contributed by atoms with Crippen molar-refractivity contribution >= 4 is 20.0 Å². The highest BCUT2D eigenvalue weighted by Gasteiger charge is 2.35. The third-order valence-electron chi connectivity index (χ3n) is 4.18. The summed E-state index contributed by atoms with van der Waals surface area (Å²) in [4.78, 5) is 0.0464. The molecule has 0 saturated heterocycles. The summed E-state index contributed by atoms with van der Waals surface area (Å²) < 4.78 is 57.1. The van der Waals surface area contributed by atoms with Crippen LogP contribution in [0.3, 0.4) is 0 Å². The Kier molecular flexibility index (Phi) is 5.65. The largest absolute Gasteiger partial charge is 0.241 e. The molecular weight excluding hydrogens is 372 g/mol. The number of benzene rings is 1. The van der Waals surface area contributed by atoms with Crippen LogP contribution in [-0.4, -0.2) is 28.4 Å². The van der Waals surface area contributed by atoms with Gasteiger partial charge in [-0.25, -0.2) is 26.3 Å². The van der Waals surface area contributed by atoms with Gasteiger partial charge in [0, 0.05) is 11.6 Å². The molecule has 0 aromatic heterocycles. The summed E-state index contributed by atoms with van der Waals surface area (Å²) in [7, 11) is -7.68. The van der Waals surface area contributed by atoms with Crippen LogP contribution in [0.1, 0.15) is 66.4 Å². The Hall–Kier alpha value is -0.960. The molecule has 0 bridgehead atoms. The molecule has 1 aromatic rings. The fourth-order valence-electron chi connectivity index (χ4n) is 2.97. The molecular formula is C18H30N2O4S2. The second kappa shape index (κ2) is 6.89. The summed E-state index contributed by atoms with van der Waals surface area (Å²) >= 11 is 0. The molecule has 0 spiro atoms. The summed E-state index contributed by atoms with van der Waals surface area (Å²) in [6, 6.07) is 4.37. The van der Waals surface area contributed by atoms with Gasteiger partial charge in [0.05, 0.1) is 9.79 Å². The maximum absolute atomic E-state index is 13.0. The van der Waals surface area contributed by atoms with Crippen LogP contribution in [0.4, 0.5) is 0 Å². The third-order valence-corrected chi connectivity index (χ3v) is 7.55. The van der Waals surface area contributed by atoms with Crippen LogP contribution in [0.15, 0.2) is 28.0 Å². The Bertz CT molecular complexity index is 873. The van der Waals surface area contributed by atoms with E-state index in [-0.39, 0.29) is 15.8 Å². The molecule has 148 valence electrons. The number of hydrogen-bond acceptors (Lipinski definition) is 4. The SMILES string of the molecule is CC(C)(C)NS(=O)(=O)c1cccc(S(=O)(=O)NC2CCC2)c1C(C)(C)C. The molecule has 1 aromatic carbocycles. The monoisotopic (exact) mass is 402 g/mol. The van der Waals surface area contributed by atoms with Gasteiger partial charge >= 0.3 is 0 Å². The van der Waals surface area contributed by atoms with Gasteiger partial charge < -0.3 is 0 Å². The number of sulfonamides is 2. The van der Waals surface area contributed by atoms with E-state index in [0.717, 1.165) is 19.3 Å². The average Bonchev–Trinajstić information content (AvgIpc) is 2.39. The summed E-state index contributed by atoms with van der Waals surface area (Å²) in [6.45, 7) is 10.7. The summed E-state index contributed by atoms with van der Waals surface area (Å²) in [5.41, 5.74) is -1.04. The van der Waals surface area contributed by atoms with Crippen molar-refractivity contribution in [1.29, 1.82) is 0 Å². The molecule has 0 unspecified atom stereocenters. The smallest absolute Gasteiger partial charge is 0.208 e. The number of nitrogens with one attached hydrogen (secondary N) is 2. The van der Waals surface area contributed by atoms with Gasteiger partial charge in [-0.2, -0.15) is 0 Å². The van der Waals surface area contributed by atoms with Crippen molar-refractivity contribution < 1.29 is 16.8 Å². The third kappa shape index (κ3) is 4.85. The lowest BCUT2D eigenvalue weighted by molar-refractivity contribution is 0.383. The quantitative estimate of drug-likeness (QED) is 0.792. The van der Waals surface area contributed by atoms with E-state index >= 15 is 0 Å². The van der Waals surface area contributed by atoms with Crippen molar-refractivity contribution in [1.82, 2.24) is 9.44 Å². The Morgan fingerprint density at radius 2 is 1.38 bits per heavy atom. The maximum Gasteiger partial charge on any atom is 0.241 e. The molecule has 0 aliphatic heterocycles. The summed E-state index contributed by atoms with van der Waals surface area (Å²) in [5, 5.41) is 0. The normalized spacial score (nSPS) is 17.2. The Morgan fingerprint density at radius 1 is 0.885 bits per heavy atom. The first-order valence-corrected chi connectivity index (χ1v) is 11.8. The average molecular weight is 403 g/mol. The predicted octanol–water partition coefficient (Wildman–Crippen LogP) is 2.89. The molecule has 1 aliphatic carbocycles. The molecule has 2 rings (SSSR count). The second-order valence-corrected chi connectivity index (χ2v) is 12.3. The molecule has 1 saturated carbocycles. The van der Waals surface area contributed by atoms with Gasteiger partial charge in [-0.15, -0.1) is 0 Å². The van der Waals surface area contributed by atoms with Crippen LogP contribution in [0, 0.1) is 0 Å². The van der Waals surface area contributed by atoms with E-state index in [2.05, 4.69) is 9.44 Å². The van der Waals surface area contributed by atoms with Gasteiger partial charge in [-0.1, -0.05) is 33.3 Å². The molecule has 1 fully saturated rings. The summed E-state index contributed by atoms with van der Waals surface area (Å²) in [5.74, 6) is 0. The molecule has 8 heteroatoms. The van der Waals surface area contributed by atoms with Gasteiger partial charge in [0.1, 0.15) is 0 Å².